The van der Waals surface area contributed by atoms with E-state index >= 15 is 0 Å². The summed E-state index contributed by atoms with van der Waals surface area (Å²) in [5, 5.41) is 1.99. The summed E-state index contributed by atoms with van der Waals surface area (Å²) in [7, 11) is 0. The molecule has 0 saturated carbocycles. The van der Waals surface area contributed by atoms with E-state index < -0.39 is 0 Å². The molecule has 29 heavy (non-hydrogen) atoms. The number of benzene rings is 1. The average Bonchev–Trinajstić information content (AvgIpc) is 3.18. The molecule has 0 spiro atoms. The van der Waals surface area contributed by atoms with Crippen molar-refractivity contribution in [3.05, 3.63) is 46.6 Å². The Morgan fingerprint density at radius 1 is 1.17 bits per heavy atom. The van der Waals surface area contributed by atoms with Gasteiger partial charge in [0.2, 0.25) is 5.91 Å². The van der Waals surface area contributed by atoms with Gasteiger partial charge < -0.3 is 9.80 Å². The van der Waals surface area contributed by atoms with Gasteiger partial charge in [-0.15, -0.1) is 11.3 Å². The number of thioether (sulfide) groups is 1. The minimum Gasteiger partial charge on any atom is -0.368 e. The zero-order chi connectivity index (χ0) is 20.4. The van der Waals surface area contributed by atoms with Crippen LogP contribution >= 0.6 is 23.1 Å². The second kappa shape index (κ2) is 8.71. The normalized spacial score (nSPS) is 14.6. The van der Waals surface area contributed by atoms with E-state index in [-0.39, 0.29) is 5.91 Å². The molecule has 0 aliphatic carbocycles. The number of aromatic nitrogens is 2. The van der Waals surface area contributed by atoms with Crippen molar-refractivity contribution in [3.8, 4) is 0 Å². The summed E-state index contributed by atoms with van der Waals surface area (Å²) in [5.74, 6) is 0.612. The highest BCUT2D eigenvalue weighted by Gasteiger charge is 2.22. The van der Waals surface area contributed by atoms with Crippen LogP contribution in [0.4, 0.5) is 5.69 Å². The van der Waals surface area contributed by atoms with Crippen LogP contribution in [0.15, 0.2) is 35.6 Å². The Morgan fingerprint density at radius 2 is 1.97 bits per heavy atom. The Labute approximate surface area is 180 Å². The molecule has 0 bridgehead atoms. The van der Waals surface area contributed by atoms with Crippen molar-refractivity contribution >= 4 is 44.9 Å². The van der Waals surface area contributed by atoms with Crippen molar-refractivity contribution in [2.75, 3.05) is 36.8 Å². The largest absolute Gasteiger partial charge is 0.368 e. The summed E-state index contributed by atoms with van der Waals surface area (Å²) in [4.78, 5) is 28.3. The third-order valence-corrected chi connectivity index (χ3v) is 7.75. The molecule has 1 saturated heterocycles. The molecule has 0 N–H and O–H groups in total. The minimum absolute atomic E-state index is 0.188. The number of nitrogens with zero attached hydrogens (tertiary/aromatic N) is 4. The smallest absolute Gasteiger partial charge is 0.233 e. The molecular weight excluding hydrogens is 400 g/mol. The maximum atomic E-state index is 12.8. The van der Waals surface area contributed by atoms with Gasteiger partial charge in [0.05, 0.1) is 5.75 Å². The predicted molar refractivity (Wildman–Crippen MR) is 122 cm³/mol. The van der Waals surface area contributed by atoms with Gasteiger partial charge in [-0.2, -0.15) is 0 Å². The van der Waals surface area contributed by atoms with E-state index in [9.17, 15) is 4.79 Å². The highest BCUT2D eigenvalue weighted by molar-refractivity contribution is 8.00. The van der Waals surface area contributed by atoms with Crippen molar-refractivity contribution in [2.24, 2.45) is 0 Å². The van der Waals surface area contributed by atoms with E-state index in [2.05, 4.69) is 59.9 Å². The quantitative estimate of drug-likeness (QED) is 0.449. The zero-order valence-electron chi connectivity index (χ0n) is 17.1. The maximum Gasteiger partial charge on any atom is 0.233 e. The fourth-order valence-corrected chi connectivity index (χ4v) is 5.54. The molecule has 5 nitrogen and oxygen atoms in total. The molecule has 1 amide bonds. The Bertz CT molecular complexity index is 1020. The molecule has 0 radical (unpaired) electrons. The lowest BCUT2D eigenvalue weighted by molar-refractivity contribution is -0.128. The molecule has 1 aliphatic heterocycles. The maximum absolute atomic E-state index is 12.8. The monoisotopic (exact) mass is 426 g/mol. The van der Waals surface area contributed by atoms with Crippen LogP contribution in [0.1, 0.15) is 22.9 Å². The van der Waals surface area contributed by atoms with Crippen molar-refractivity contribution in [1.29, 1.82) is 0 Å². The summed E-state index contributed by atoms with van der Waals surface area (Å²) in [6.45, 7) is 9.76. The number of carbonyl (C=O) groups excluding carboxylic acids is 1. The van der Waals surface area contributed by atoms with Crippen LogP contribution in [0.3, 0.4) is 0 Å². The van der Waals surface area contributed by atoms with Crippen molar-refractivity contribution in [2.45, 2.75) is 32.2 Å². The fourth-order valence-electron chi connectivity index (χ4n) is 3.67. The Morgan fingerprint density at radius 3 is 2.72 bits per heavy atom. The minimum atomic E-state index is 0.188. The van der Waals surface area contributed by atoms with E-state index in [0.29, 0.717) is 5.75 Å². The summed E-state index contributed by atoms with van der Waals surface area (Å²) >= 11 is 3.24. The van der Waals surface area contributed by atoms with Crippen LogP contribution in [0.2, 0.25) is 0 Å². The zero-order valence-corrected chi connectivity index (χ0v) is 18.8. The lowest BCUT2D eigenvalue weighted by Crippen LogP contribution is -2.49. The first kappa shape index (κ1) is 20.2. The first-order chi connectivity index (χ1) is 14.1. The van der Waals surface area contributed by atoms with E-state index in [1.807, 2.05) is 4.90 Å². The van der Waals surface area contributed by atoms with Crippen molar-refractivity contribution in [3.63, 3.8) is 0 Å². The van der Waals surface area contributed by atoms with Crippen LogP contribution in [0, 0.1) is 13.8 Å². The van der Waals surface area contributed by atoms with Gasteiger partial charge >= 0.3 is 0 Å². The van der Waals surface area contributed by atoms with Gasteiger partial charge in [0.1, 0.15) is 16.2 Å². The van der Waals surface area contributed by atoms with Gasteiger partial charge in [-0.25, -0.2) is 9.97 Å². The van der Waals surface area contributed by atoms with Crippen LogP contribution in [0.25, 0.3) is 10.2 Å². The van der Waals surface area contributed by atoms with Gasteiger partial charge in [0.15, 0.2) is 0 Å². The summed E-state index contributed by atoms with van der Waals surface area (Å²) in [5.41, 5.74) is 3.94. The lowest BCUT2D eigenvalue weighted by Gasteiger charge is -2.37. The molecule has 4 rings (SSSR count). The first-order valence-electron chi connectivity index (χ1n) is 10.0. The van der Waals surface area contributed by atoms with E-state index in [1.165, 1.54) is 33.5 Å². The standard InChI is InChI=1S/C22H26N4OS2/c1-4-17-12-18-21(23-14-24-22(18)29-17)28-13-20(27)26-10-8-25(9-11-26)19-7-5-6-15(2)16(19)3/h5-7,12,14H,4,8-11,13H2,1-3H3. The highest BCUT2D eigenvalue weighted by atomic mass is 32.2. The highest BCUT2D eigenvalue weighted by Crippen LogP contribution is 2.31. The molecule has 7 heteroatoms. The summed E-state index contributed by atoms with van der Waals surface area (Å²) in [6, 6.07) is 8.61. The molecule has 0 unspecified atom stereocenters. The molecular formula is C22H26N4OS2. The Hall–Kier alpha value is -2.12. The number of piperazine rings is 1. The third-order valence-electron chi connectivity index (χ3n) is 5.57. The van der Waals surface area contributed by atoms with Gasteiger partial charge in [0.25, 0.3) is 0 Å². The van der Waals surface area contributed by atoms with Gasteiger partial charge in [-0.3, -0.25) is 4.79 Å². The van der Waals surface area contributed by atoms with Gasteiger partial charge in [0, 0.05) is 42.1 Å². The number of thiophene rings is 1. The number of aryl methyl sites for hydroxylation is 2. The predicted octanol–water partition coefficient (Wildman–Crippen LogP) is 4.31. The fraction of sp³-hybridized carbons (Fsp3) is 0.409. The van der Waals surface area contributed by atoms with Gasteiger partial charge in [-0.05, 0) is 43.5 Å². The third kappa shape index (κ3) is 4.26. The van der Waals surface area contributed by atoms with Crippen LogP contribution < -0.4 is 4.90 Å². The second-order valence-corrected chi connectivity index (χ2v) is 9.42. The number of hydrogen-bond donors (Lipinski definition) is 0. The number of rotatable bonds is 5. The van der Waals surface area contributed by atoms with Crippen LogP contribution in [-0.4, -0.2) is 52.7 Å². The summed E-state index contributed by atoms with van der Waals surface area (Å²) in [6.07, 6.45) is 2.60. The lowest BCUT2D eigenvalue weighted by atomic mass is 10.1. The molecule has 2 aromatic heterocycles. The number of fused-ring (bicyclic) bond motifs is 1. The molecule has 1 aliphatic rings. The average molecular weight is 427 g/mol. The van der Waals surface area contributed by atoms with Crippen molar-refractivity contribution in [1.82, 2.24) is 14.9 Å². The molecule has 152 valence electrons. The van der Waals surface area contributed by atoms with Crippen LogP contribution in [0.5, 0.6) is 0 Å². The Kier molecular flexibility index (Phi) is 6.06. The molecule has 1 fully saturated rings. The van der Waals surface area contributed by atoms with E-state index in [0.717, 1.165) is 47.8 Å². The number of anilines is 1. The first-order valence-corrected chi connectivity index (χ1v) is 11.8. The molecule has 3 heterocycles. The molecule has 0 atom stereocenters. The number of carbonyl (C=O) groups is 1. The second-order valence-electron chi connectivity index (χ2n) is 7.34. The Balaban J connectivity index is 1.36. The molecule has 1 aromatic carbocycles. The number of hydrogen-bond acceptors (Lipinski definition) is 6. The molecule has 3 aromatic rings. The van der Waals surface area contributed by atoms with E-state index in [4.69, 9.17) is 0 Å². The van der Waals surface area contributed by atoms with Crippen LogP contribution in [-0.2, 0) is 11.2 Å². The number of amides is 1. The topological polar surface area (TPSA) is 49.3 Å². The van der Waals surface area contributed by atoms with E-state index in [1.54, 1.807) is 17.7 Å². The summed E-state index contributed by atoms with van der Waals surface area (Å²) < 4.78 is 0. The SMILES string of the molecule is CCc1cc2c(SCC(=O)N3CCN(c4cccc(C)c4C)CC3)ncnc2s1. The van der Waals surface area contributed by atoms with Crippen molar-refractivity contribution < 1.29 is 4.79 Å². The van der Waals surface area contributed by atoms with Gasteiger partial charge in [-0.1, -0.05) is 30.8 Å².